The minimum atomic E-state index is -5.08. The second kappa shape index (κ2) is 8.10. The zero-order valence-corrected chi connectivity index (χ0v) is 13.9. The van der Waals surface area contributed by atoms with Gasteiger partial charge in [0.15, 0.2) is 0 Å². The summed E-state index contributed by atoms with van der Waals surface area (Å²) in [6, 6.07) is 7.73. The van der Waals surface area contributed by atoms with E-state index in [9.17, 15) is 31.7 Å². The van der Waals surface area contributed by atoms with Crippen LogP contribution in [0.2, 0.25) is 5.02 Å². The van der Waals surface area contributed by atoms with Gasteiger partial charge in [0.2, 0.25) is 14.9 Å². The highest BCUT2D eigenvalue weighted by molar-refractivity contribution is 7.91. The Morgan fingerprint density at radius 3 is 2.12 bits per heavy atom. The number of pyridine rings is 1. The maximum Gasteiger partial charge on any atom is 0.490 e. The number of nitrogens with zero attached hydrogens (tertiary/aromatic N) is 2. The topological polar surface area (TPSA) is 127 Å². The monoisotopic (exact) mass is 412 g/mol. The molecule has 0 aliphatic heterocycles. The lowest BCUT2D eigenvalue weighted by atomic mass is 10.4. The second-order valence-corrected chi connectivity index (χ2v) is 6.65. The molecule has 1 heterocycles. The van der Waals surface area contributed by atoms with Gasteiger partial charge < -0.3 is 5.11 Å². The van der Waals surface area contributed by atoms with Crippen LogP contribution < -0.4 is 0 Å². The van der Waals surface area contributed by atoms with Crippen LogP contribution in [0.3, 0.4) is 0 Å². The highest BCUT2D eigenvalue weighted by Gasteiger charge is 2.38. The first-order chi connectivity index (χ1) is 11.9. The Bertz CT molecular complexity index is 916. The van der Waals surface area contributed by atoms with Crippen molar-refractivity contribution in [3.63, 3.8) is 0 Å². The molecule has 26 heavy (non-hydrogen) atoms. The standard InChI is InChI=1S/C11H7ClN2O4S.C2HF3O2/c12-8-3-5-9(6-4-8)19(17,18)11-10(14(15)16)2-1-7-13-11;3-2(4,5)1(6)7/h1-7H;(H,6,7). The molecule has 2 rings (SSSR count). The van der Waals surface area contributed by atoms with Crippen molar-refractivity contribution in [2.45, 2.75) is 16.1 Å². The minimum absolute atomic E-state index is 0.0984. The minimum Gasteiger partial charge on any atom is -0.475 e. The van der Waals surface area contributed by atoms with Crippen molar-refractivity contribution >= 4 is 33.1 Å². The average molecular weight is 413 g/mol. The van der Waals surface area contributed by atoms with Crippen LogP contribution in [0, 0.1) is 10.1 Å². The van der Waals surface area contributed by atoms with Crippen LogP contribution >= 0.6 is 11.6 Å². The van der Waals surface area contributed by atoms with Gasteiger partial charge in [0.05, 0.1) is 9.82 Å². The Morgan fingerprint density at radius 1 is 1.19 bits per heavy atom. The molecule has 140 valence electrons. The Labute approximate surface area is 148 Å². The number of nitro groups is 1. The smallest absolute Gasteiger partial charge is 0.475 e. The predicted octanol–water partition coefficient (Wildman–Crippen LogP) is 3.11. The number of rotatable bonds is 3. The summed E-state index contributed by atoms with van der Waals surface area (Å²) < 4.78 is 56.3. The number of hydrogen-bond donors (Lipinski definition) is 1. The van der Waals surface area contributed by atoms with Crippen LogP contribution in [0.15, 0.2) is 52.5 Å². The summed E-state index contributed by atoms with van der Waals surface area (Å²) in [6.07, 6.45) is -3.89. The fourth-order valence-corrected chi connectivity index (χ4v) is 2.91. The van der Waals surface area contributed by atoms with Crippen molar-refractivity contribution in [1.82, 2.24) is 4.98 Å². The van der Waals surface area contributed by atoms with E-state index in [4.69, 9.17) is 21.5 Å². The molecule has 0 atom stereocenters. The maximum atomic E-state index is 12.3. The van der Waals surface area contributed by atoms with Gasteiger partial charge in [0, 0.05) is 17.3 Å². The Balaban J connectivity index is 0.000000412. The van der Waals surface area contributed by atoms with Crippen LogP contribution in [0.1, 0.15) is 0 Å². The van der Waals surface area contributed by atoms with Gasteiger partial charge in [0.1, 0.15) is 0 Å². The van der Waals surface area contributed by atoms with Gasteiger partial charge in [0.25, 0.3) is 0 Å². The quantitative estimate of drug-likeness (QED) is 0.605. The van der Waals surface area contributed by atoms with Gasteiger partial charge in [-0.15, -0.1) is 0 Å². The molecule has 0 aliphatic carbocycles. The van der Waals surface area contributed by atoms with Crippen LogP contribution in [-0.2, 0) is 14.6 Å². The average Bonchev–Trinajstić information content (AvgIpc) is 2.55. The van der Waals surface area contributed by atoms with E-state index in [1.807, 2.05) is 0 Å². The molecular weight excluding hydrogens is 405 g/mol. The molecule has 8 nitrogen and oxygen atoms in total. The SMILES string of the molecule is O=C(O)C(F)(F)F.O=[N+]([O-])c1cccnc1S(=O)(=O)c1ccc(Cl)cc1. The zero-order valence-electron chi connectivity index (χ0n) is 12.3. The lowest BCUT2D eigenvalue weighted by molar-refractivity contribution is -0.388. The number of carboxylic acid groups (broad SMARTS) is 1. The van der Waals surface area contributed by atoms with Crippen molar-refractivity contribution in [2.75, 3.05) is 0 Å². The third kappa shape index (κ3) is 5.39. The van der Waals surface area contributed by atoms with Crippen LogP contribution in [-0.4, -0.2) is 35.6 Å². The largest absolute Gasteiger partial charge is 0.490 e. The van der Waals surface area contributed by atoms with Gasteiger partial charge in [-0.1, -0.05) is 11.6 Å². The predicted molar refractivity (Wildman–Crippen MR) is 81.5 cm³/mol. The molecule has 0 fully saturated rings. The number of carbonyl (C=O) groups is 1. The molecule has 0 spiro atoms. The summed E-state index contributed by atoms with van der Waals surface area (Å²) in [7, 11) is -4.04. The van der Waals surface area contributed by atoms with E-state index in [0.717, 1.165) is 6.07 Å². The number of sulfone groups is 1. The van der Waals surface area contributed by atoms with E-state index in [1.165, 1.54) is 36.5 Å². The molecule has 0 bridgehead atoms. The normalized spacial score (nSPS) is 11.2. The van der Waals surface area contributed by atoms with E-state index in [2.05, 4.69) is 4.98 Å². The van der Waals surface area contributed by atoms with Gasteiger partial charge in [-0.25, -0.2) is 18.2 Å². The number of hydrogen-bond acceptors (Lipinski definition) is 6. The van der Waals surface area contributed by atoms with E-state index >= 15 is 0 Å². The lowest BCUT2D eigenvalue weighted by Crippen LogP contribution is -2.21. The number of aliphatic carboxylic acids is 1. The van der Waals surface area contributed by atoms with E-state index in [0.29, 0.717) is 5.02 Å². The number of benzene rings is 1. The van der Waals surface area contributed by atoms with E-state index < -0.39 is 37.6 Å². The molecule has 1 aromatic carbocycles. The lowest BCUT2D eigenvalue weighted by Gasteiger charge is -2.04. The van der Waals surface area contributed by atoms with Crippen molar-refractivity contribution < 1.29 is 36.4 Å². The summed E-state index contributed by atoms with van der Waals surface area (Å²) in [5.41, 5.74) is -0.558. The summed E-state index contributed by atoms with van der Waals surface area (Å²) in [5.74, 6) is -2.76. The van der Waals surface area contributed by atoms with Gasteiger partial charge in [-0.2, -0.15) is 13.2 Å². The van der Waals surface area contributed by atoms with Crippen molar-refractivity contribution in [3.8, 4) is 0 Å². The Hall–Kier alpha value is -2.73. The van der Waals surface area contributed by atoms with Gasteiger partial charge in [-0.05, 0) is 30.3 Å². The van der Waals surface area contributed by atoms with Crippen LogP contribution in [0.4, 0.5) is 18.9 Å². The zero-order chi connectivity index (χ0) is 20.1. The Kier molecular flexibility index (Phi) is 6.64. The molecule has 0 saturated carbocycles. The van der Waals surface area contributed by atoms with Crippen LogP contribution in [0.5, 0.6) is 0 Å². The summed E-state index contributed by atoms with van der Waals surface area (Å²) in [4.78, 5) is 22.5. The molecule has 0 aliphatic rings. The molecule has 2 aromatic rings. The van der Waals surface area contributed by atoms with Crippen molar-refractivity contribution in [1.29, 1.82) is 0 Å². The first-order valence-corrected chi connectivity index (χ1v) is 8.13. The third-order valence-electron chi connectivity index (χ3n) is 2.57. The Morgan fingerprint density at radius 2 is 1.69 bits per heavy atom. The van der Waals surface area contributed by atoms with E-state index in [1.54, 1.807) is 0 Å². The highest BCUT2D eigenvalue weighted by Crippen LogP contribution is 2.27. The first-order valence-electron chi connectivity index (χ1n) is 6.27. The van der Waals surface area contributed by atoms with Crippen LogP contribution in [0.25, 0.3) is 0 Å². The van der Waals surface area contributed by atoms with Crippen molar-refractivity contribution in [2.24, 2.45) is 0 Å². The first kappa shape index (κ1) is 21.3. The highest BCUT2D eigenvalue weighted by atomic mass is 35.5. The molecule has 13 heteroatoms. The molecule has 0 unspecified atom stereocenters. The molecule has 0 saturated heterocycles. The molecule has 1 aromatic heterocycles. The molecule has 0 radical (unpaired) electrons. The summed E-state index contributed by atoms with van der Waals surface area (Å²) in [6.45, 7) is 0. The summed E-state index contributed by atoms with van der Waals surface area (Å²) in [5, 5.41) is 17.7. The molecular formula is C13H8ClF3N2O6S. The van der Waals surface area contributed by atoms with Crippen molar-refractivity contribution in [3.05, 3.63) is 57.7 Å². The van der Waals surface area contributed by atoms with Gasteiger partial charge >= 0.3 is 17.8 Å². The van der Waals surface area contributed by atoms with E-state index in [-0.39, 0.29) is 4.90 Å². The third-order valence-corrected chi connectivity index (χ3v) is 4.54. The maximum absolute atomic E-state index is 12.3. The molecule has 0 amide bonds. The van der Waals surface area contributed by atoms with Gasteiger partial charge in [-0.3, -0.25) is 10.1 Å². The number of aromatic nitrogens is 1. The number of alkyl halides is 3. The summed E-state index contributed by atoms with van der Waals surface area (Å²) >= 11 is 5.67. The second-order valence-electron chi connectivity index (χ2n) is 4.35. The fraction of sp³-hybridized carbons (Fsp3) is 0.0769. The number of halogens is 4. The fourth-order valence-electron chi connectivity index (χ4n) is 1.45. The molecule has 1 N–H and O–H groups in total. The number of carboxylic acids is 1.